The van der Waals surface area contributed by atoms with Crippen molar-refractivity contribution in [2.75, 3.05) is 0 Å². The second-order valence-electron chi connectivity index (χ2n) is 8.73. The third-order valence-electron chi connectivity index (χ3n) is 6.01. The summed E-state index contributed by atoms with van der Waals surface area (Å²) >= 11 is 1.76. The van der Waals surface area contributed by atoms with Crippen molar-refractivity contribution >= 4 is 23.5 Å². The third-order valence-corrected chi connectivity index (χ3v) is 7.08. The summed E-state index contributed by atoms with van der Waals surface area (Å²) in [6.45, 7) is 2.01. The zero-order valence-electron chi connectivity index (χ0n) is 20.1. The van der Waals surface area contributed by atoms with Gasteiger partial charge in [0.25, 0.3) is 5.91 Å². The summed E-state index contributed by atoms with van der Waals surface area (Å²) in [6, 6.07) is 30.7. The summed E-state index contributed by atoms with van der Waals surface area (Å²) in [6.07, 6.45) is 0.604. The maximum Gasteiger partial charge on any atom is 0.251 e. The molecule has 0 aliphatic rings. The van der Waals surface area contributed by atoms with Gasteiger partial charge in [0.1, 0.15) is 5.82 Å². The Kier molecular flexibility index (Phi) is 8.69. The Morgan fingerprint density at radius 2 is 1.47 bits per heavy atom. The lowest BCUT2D eigenvalue weighted by Crippen LogP contribution is -2.43. The SMILES string of the molecule is Cc1cc(SCc2ccccc2)ccc1CC(=O)[C@H](Cc1ccccc1)NC(=O)c1ccc(F)cc1. The van der Waals surface area contributed by atoms with Crippen LogP contribution in [0.5, 0.6) is 0 Å². The van der Waals surface area contributed by atoms with Gasteiger partial charge >= 0.3 is 0 Å². The van der Waals surface area contributed by atoms with Gasteiger partial charge in [0.15, 0.2) is 5.78 Å². The lowest BCUT2D eigenvalue weighted by molar-refractivity contribution is -0.120. The molecule has 4 aromatic carbocycles. The van der Waals surface area contributed by atoms with Gasteiger partial charge in [0.05, 0.1) is 6.04 Å². The van der Waals surface area contributed by atoms with Crippen LogP contribution in [-0.2, 0) is 23.4 Å². The summed E-state index contributed by atoms with van der Waals surface area (Å²) in [4.78, 5) is 27.4. The molecule has 3 nitrogen and oxygen atoms in total. The molecule has 0 saturated heterocycles. The van der Waals surface area contributed by atoms with Gasteiger partial charge in [-0.3, -0.25) is 9.59 Å². The maximum absolute atomic E-state index is 13.4. The second kappa shape index (κ2) is 12.3. The van der Waals surface area contributed by atoms with Crippen LogP contribution in [0.3, 0.4) is 0 Å². The van der Waals surface area contributed by atoms with Crippen molar-refractivity contribution in [3.05, 3.63) is 137 Å². The summed E-state index contributed by atoms with van der Waals surface area (Å²) in [7, 11) is 0. The van der Waals surface area contributed by atoms with Crippen molar-refractivity contribution in [2.45, 2.75) is 36.5 Å². The van der Waals surface area contributed by atoms with Crippen molar-refractivity contribution in [3.8, 4) is 0 Å². The minimum Gasteiger partial charge on any atom is -0.342 e. The number of hydrogen-bond donors (Lipinski definition) is 1. The maximum atomic E-state index is 13.4. The molecule has 0 aliphatic heterocycles. The monoisotopic (exact) mass is 497 g/mol. The highest BCUT2D eigenvalue weighted by atomic mass is 32.2. The van der Waals surface area contributed by atoms with E-state index in [2.05, 4.69) is 23.5 Å². The van der Waals surface area contributed by atoms with Gasteiger partial charge in [-0.1, -0.05) is 66.7 Å². The molecule has 182 valence electrons. The van der Waals surface area contributed by atoms with Crippen LogP contribution in [0.15, 0.2) is 108 Å². The van der Waals surface area contributed by atoms with Crippen LogP contribution in [0.4, 0.5) is 4.39 Å². The molecule has 0 aliphatic carbocycles. The van der Waals surface area contributed by atoms with Crippen LogP contribution >= 0.6 is 11.8 Å². The number of aryl methyl sites for hydroxylation is 1. The summed E-state index contributed by atoms with van der Waals surface area (Å²) < 4.78 is 13.3. The average molecular weight is 498 g/mol. The highest BCUT2D eigenvalue weighted by Crippen LogP contribution is 2.25. The first-order valence-electron chi connectivity index (χ1n) is 11.9. The van der Waals surface area contributed by atoms with Crippen LogP contribution in [-0.4, -0.2) is 17.7 Å². The van der Waals surface area contributed by atoms with Gasteiger partial charge < -0.3 is 5.32 Å². The van der Waals surface area contributed by atoms with E-state index in [1.807, 2.05) is 67.6 Å². The number of ketones is 1. The summed E-state index contributed by atoms with van der Waals surface area (Å²) in [5.41, 5.74) is 4.53. The van der Waals surface area contributed by atoms with Crippen LogP contribution in [0.1, 0.15) is 32.6 Å². The quantitative estimate of drug-likeness (QED) is 0.252. The number of rotatable bonds is 10. The molecule has 36 heavy (non-hydrogen) atoms. The van der Waals surface area contributed by atoms with Gasteiger partial charge in [-0.15, -0.1) is 11.8 Å². The molecular formula is C31H28FNO2S. The van der Waals surface area contributed by atoms with Crippen LogP contribution in [0, 0.1) is 12.7 Å². The third kappa shape index (κ3) is 7.15. The predicted molar refractivity (Wildman–Crippen MR) is 144 cm³/mol. The Bertz CT molecular complexity index is 1310. The average Bonchev–Trinajstić information content (AvgIpc) is 2.90. The van der Waals surface area contributed by atoms with E-state index in [1.54, 1.807) is 11.8 Å². The van der Waals surface area contributed by atoms with E-state index in [0.717, 1.165) is 27.3 Å². The number of benzene rings is 4. The smallest absolute Gasteiger partial charge is 0.251 e. The van der Waals surface area contributed by atoms with Crippen LogP contribution in [0.2, 0.25) is 0 Å². The molecule has 5 heteroatoms. The topological polar surface area (TPSA) is 46.2 Å². The van der Waals surface area contributed by atoms with E-state index >= 15 is 0 Å². The van der Waals surface area contributed by atoms with E-state index in [-0.39, 0.29) is 12.2 Å². The van der Waals surface area contributed by atoms with E-state index in [1.165, 1.54) is 29.8 Å². The Balaban J connectivity index is 1.46. The molecule has 1 atom stereocenters. The van der Waals surface area contributed by atoms with Gasteiger partial charge in [-0.25, -0.2) is 4.39 Å². The number of carbonyl (C=O) groups excluding carboxylic acids is 2. The normalized spacial score (nSPS) is 11.6. The largest absolute Gasteiger partial charge is 0.342 e. The zero-order chi connectivity index (χ0) is 25.3. The van der Waals surface area contributed by atoms with Crippen LogP contribution in [0.25, 0.3) is 0 Å². The van der Waals surface area contributed by atoms with E-state index in [0.29, 0.717) is 12.0 Å². The number of hydrogen-bond acceptors (Lipinski definition) is 3. The molecule has 1 N–H and O–H groups in total. The molecule has 0 radical (unpaired) electrons. The molecule has 0 saturated carbocycles. The highest BCUT2D eigenvalue weighted by molar-refractivity contribution is 7.98. The number of carbonyl (C=O) groups is 2. The van der Waals surface area contributed by atoms with E-state index in [4.69, 9.17) is 0 Å². The molecule has 0 unspecified atom stereocenters. The fourth-order valence-corrected chi connectivity index (χ4v) is 4.90. The van der Waals surface area contributed by atoms with Crippen molar-refractivity contribution in [2.24, 2.45) is 0 Å². The molecule has 4 aromatic rings. The number of nitrogens with one attached hydrogen (secondary N) is 1. The van der Waals surface area contributed by atoms with Crippen molar-refractivity contribution < 1.29 is 14.0 Å². The lowest BCUT2D eigenvalue weighted by Gasteiger charge is -2.19. The van der Waals surface area contributed by atoms with Gasteiger partial charge in [-0.2, -0.15) is 0 Å². The molecule has 0 spiro atoms. The van der Waals surface area contributed by atoms with Crippen molar-refractivity contribution in [1.82, 2.24) is 5.32 Å². The van der Waals surface area contributed by atoms with E-state index in [9.17, 15) is 14.0 Å². The minimum absolute atomic E-state index is 0.0675. The minimum atomic E-state index is -0.698. The van der Waals surface area contributed by atoms with Crippen molar-refractivity contribution in [1.29, 1.82) is 0 Å². The Labute approximate surface area is 215 Å². The van der Waals surface area contributed by atoms with Gasteiger partial charge in [0, 0.05) is 22.6 Å². The standard InChI is InChI=1S/C31H28FNO2S/c1-22-18-28(36-21-24-10-6-3-7-11-24)17-14-26(22)20-30(34)29(19-23-8-4-2-5-9-23)33-31(35)25-12-15-27(32)16-13-25/h2-18,29H,19-21H2,1H3,(H,33,35)/t29-/m0/s1. The van der Waals surface area contributed by atoms with Crippen LogP contribution < -0.4 is 5.32 Å². The summed E-state index contributed by atoms with van der Waals surface area (Å²) in [5.74, 6) is 0.00714. The lowest BCUT2D eigenvalue weighted by atomic mass is 9.95. The first-order valence-corrected chi connectivity index (χ1v) is 12.9. The second-order valence-corrected chi connectivity index (χ2v) is 9.78. The first kappa shape index (κ1) is 25.4. The van der Waals surface area contributed by atoms with E-state index < -0.39 is 17.8 Å². The van der Waals surface area contributed by atoms with Gasteiger partial charge in [0.2, 0.25) is 0 Å². The fraction of sp³-hybridized carbons (Fsp3) is 0.161. The number of amides is 1. The fourth-order valence-electron chi connectivity index (χ4n) is 3.95. The predicted octanol–water partition coefficient (Wildman–Crippen LogP) is 6.58. The number of Topliss-reactive ketones (excluding diaryl/α,β-unsaturated/α-hetero) is 1. The molecule has 4 rings (SSSR count). The molecular weight excluding hydrogens is 469 g/mol. The number of halogens is 1. The Morgan fingerprint density at radius 1 is 0.833 bits per heavy atom. The molecule has 1 amide bonds. The zero-order valence-corrected chi connectivity index (χ0v) is 20.9. The molecule has 0 bridgehead atoms. The molecule has 0 aromatic heterocycles. The molecule has 0 fully saturated rings. The van der Waals surface area contributed by atoms with Crippen molar-refractivity contribution in [3.63, 3.8) is 0 Å². The summed E-state index contributed by atoms with van der Waals surface area (Å²) in [5, 5.41) is 2.88. The Hall–Kier alpha value is -3.70. The molecule has 0 heterocycles. The number of thioether (sulfide) groups is 1. The van der Waals surface area contributed by atoms with Gasteiger partial charge in [-0.05, 0) is 72.0 Å². The first-order chi connectivity index (χ1) is 17.5. The highest BCUT2D eigenvalue weighted by Gasteiger charge is 2.23. The Morgan fingerprint density at radius 3 is 2.11 bits per heavy atom.